The molecular weight excluding hydrogens is 511 g/mol. The number of carbonyl (C=O) groups is 3. The van der Waals surface area contributed by atoms with E-state index in [2.05, 4.69) is 5.32 Å². The van der Waals surface area contributed by atoms with E-state index in [4.69, 9.17) is 4.74 Å². The van der Waals surface area contributed by atoms with E-state index in [0.717, 1.165) is 0 Å². The molecule has 0 bridgehead atoms. The second kappa shape index (κ2) is 10.8. The number of nitrogens with zero attached hydrogens (tertiary/aromatic N) is 2. The zero-order chi connectivity index (χ0) is 27.7. The Bertz CT molecular complexity index is 1420. The van der Waals surface area contributed by atoms with Gasteiger partial charge in [-0.3, -0.25) is 14.4 Å². The number of likely N-dealkylation sites (tertiary alicyclic amines) is 2. The van der Waals surface area contributed by atoms with Gasteiger partial charge in [-0.25, -0.2) is 8.78 Å². The van der Waals surface area contributed by atoms with E-state index < -0.39 is 34.7 Å². The fourth-order valence-electron chi connectivity index (χ4n) is 5.21. The van der Waals surface area contributed by atoms with Crippen molar-refractivity contribution in [2.75, 3.05) is 31.6 Å². The van der Waals surface area contributed by atoms with Crippen molar-refractivity contribution in [2.45, 2.75) is 19.4 Å². The minimum Gasteiger partial charge on any atom is -0.488 e. The number of nitrogens with one attached hydrogen (secondary N) is 1. The van der Waals surface area contributed by atoms with Gasteiger partial charge in [-0.05, 0) is 55.8 Å². The third-order valence-corrected chi connectivity index (χ3v) is 7.16. The fraction of sp³-hybridized carbons (Fsp3) is 0.276. The molecule has 3 aromatic rings. The molecule has 2 aliphatic heterocycles. The summed E-state index contributed by atoms with van der Waals surface area (Å²) < 4.78 is 48.0. The predicted molar refractivity (Wildman–Crippen MR) is 137 cm³/mol. The Labute approximate surface area is 223 Å². The first-order valence-corrected chi connectivity index (χ1v) is 12.7. The lowest BCUT2D eigenvalue weighted by atomic mass is 10.0. The maximum atomic E-state index is 14.9. The molecule has 0 aromatic heterocycles. The second-order valence-corrected chi connectivity index (χ2v) is 9.52. The molecule has 0 aliphatic carbocycles. The van der Waals surface area contributed by atoms with Crippen LogP contribution in [0, 0.1) is 23.4 Å². The quantitative estimate of drug-likeness (QED) is 0.461. The van der Waals surface area contributed by atoms with Crippen LogP contribution in [0.5, 0.6) is 5.75 Å². The standard InChI is InChI=1S/C29H26F3N3O4/c1-2-39-26-24(31)21(14-22(30)25(26)32)29(38)35-13-12-19-15-34(16-23(19)35)28(37)18-8-10-20(11-9-18)33-27(36)17-6-4-3-5-7-17/h3-11,14,19,23H,2,12-13,15-16H2,1H3,(H,33,36)/t19-,23-/m0/s1. The first-order valence-electron chi connectivity index (χ1n) is 12.7. The van der Waals surface area contributed by atoms with Crippen molar-refractivity contribution in [1.82, 2.24) is 9.80 Å². The normalized spacial score (nSPS) is 18.2. The lowest BCUT2D eigenvalue weighted by Gasteiger charge is -2.25. The van der Waals surface area contributed by atoms with E-state index in [9.17, 15) is 27.6 Å². The smallest absolute Gasteiger partial charge is 0.257 e. The summed E-state index contributed by atoms with van der Waals surface area (Å²) in [6, 6.07) is 15.4. The lowest BCUT2D eigenvalue weighted by Crippen LogP contribution is -2.41. The second-order valence-electron chi connectivity index (χ2n) is 9.52. The molecule has 3 amide bonds. The highest BCUT2D eigenvalue weighted by Crippen LogP contribution is 2.35. The van der Waals surface area contributed by atoms with E-state index in [-0.39, 0.29) is 36.9 Å². The first kappa shape index (κ1) is 26.3. The number of fused-ring (bicyclic) bond motifs is 1. The molecule has 7 nitrogen and oxygen atoms in total. The molecule has 10 heteroatoms. The topological polar surface area (TPSA) is 79.0 Å². The number of anilines is 1. The first-order chi connectivity index (χ1) is 18.8. The number of amides is 3. The van der Waals surface area contributed by atoms with Crippen molar-refractivity contribution in [3.05, 3.63) is 94.8 Å². The van der Waals surface area contributed by atoms with E-state index in [1.54, 1.807) is 53.4 Å². The van der Waals surface area contributed by atoms with E-state index in [0.29, 0.717) is 42.4 Å². The van der Waals surface area contributed by atoms with E-state index in [1.165, 1.54) is 11.8 Å². The van der Waals surface area contributed by atoms with Gasteiger partial charge in [0.2, 0.25) is 5.82 Å². The summed E-state index contributed by atoms with van der Waals surface area (Å²) in [5, 5.41) is 2.79. The molecule has 0 radical (unpaired) electrons. The van der Waals surface area contributed by atoms with Crippen molar-refractivity contribution in [1.29, 1.82) is 0 Å². The highest BCUT2D eigenvalue weighted by Gasteiger charge is 2.45. The highest BCUT2D eigenvalue weighted by molar-refractivity contribution is 6.04. The van der Waals surface area contributed by atoms with Gasteiger partial charge in [-0.15, -0.1) is 0 Å². The van der Waals surface area contributed by atoms with Crippen molar-refractivity contribution in [3.8, 4) is 5.75 Å². The SMILES string of the molecule is CCOc1c(F)c(F)cc(C(=O)N2CC[C@H]3CN(C(=O)c4ccc(NC(=O)c5ccccc5)cc4)C[C@@H]32)c1F. The summed E-state index contributed by atoms with van der Waals surface area (Å²) in [7, 11) is 0. The average molecular weight is 538 g/mol. The Morgan fingerprint density at radius 3 is 2.33 bits per heavy atom. The van der Waals surface area contributed by atoms with Crippen molar-refractivity contribution in [3.63, 3.8) is 0 Å². The third kappa shape index (κ3) is 5.06. The fourth-order valence-corrected chi connectivity index (χ4v) is 5.21. The van der Waals surface area contributed by atoms with Crippen molar-refractivity contribution >= 4 is 23.4 Å². The van der Waals surface area contributed by atoms with Gasteiger partial charge in [0.25, 0.3) is 17.7 Å². The van der Waals surface area contributed by atoms with Crippen LogP contribution in [0.1, 0.15) is 44.4 Å². The Morgan fingerprint density at radius 2 is 1.64 bits per heavy atom. The van der Waals surface area contributed by atoms with Gasteiger partial charge in [-0.2, -0.15) is 4.39 Å². The number of carbonyl (C=O) groups excluding carboxylic acids is 3. The van der Waals surface area contributed by atoms with Gasteiger partial charge in [-0.1, -0.05) is 18.2 Å². The van der Waals surface area contributed by atoms with Crippen LogP contribution in [0.3, 0.4) is 0 Å². The van der Waals surface area contributed by atoms with Crippen LogP contribution in [0.15, 0.2) is 60.7 Å². The maximum absolute atomic E-state index is 14.9. The predicted octanol–water partition coefficient (Wildman–Crippen LogP) is 4.74. The van der Waals surface area contributed by atoms with Crippen LogP contribution in [0.4, 0.5) is 18.9 Å². The number of rotatable bonds is 6. The lowest BCUT2D eigenvalue weighted by molar-refractivity contribution is 0.0684. The minimum absolute atomic E-state index is 0.0259. The molecule has 0 spiro atoms. The molecular formula is C29H26F3N3O4. The summed E-state index contributed by atoms with van der Waals surface area (Å²) in [5.41, 5.74) is 0.864. The van der Waals surface area contributed by atoms with E-state index in [1.807, 2.05) is 6.07 Å². The van der Waals surface area contributed by atoms with Crippen LogP contribution in [0.25, 0.3) is 0 Å². The molecule has 2 atom stereocenters. The van der Waals surface area contributed by atoms with Gasteiger partial charge in [0, 0.05) is 42.4 Å². The van der Waals surface area contributed by atoms with Crippen molar-refractivity contribution < 1.29 is 32.3 Å². The third-order valence-electron chi connectivity index (χ3n) is 7.16. The summed E-state index contributed by atoms with van der Waals surface area (Å²) in [6.45, 7) is 2.34. The number of halogens is 3. The summed E-state index contributed by atoms with van der Waals surface area (Å²) >= 11 is 0. The molecule has 2 fully saturated rings. The Morgan fingerprint density at radius 1 is 0.923 bits per heavy atom. The Balaban J connectivity index is 1.26. The largest absolute Gasteiger partial charge is 0.488 e. The number of benzene rings is 3. The number of hydrogen-bond donors (Lipinski definition) is 1. The van der Waals surface area contributed by atoms with Gasteiger partial charge in [0.1, 0.15) is 0 Å². The minimum atomic E-state index is -1.48. The van der Waals surface area contributed by atoms with Crippen LogP contribution >= 0.6 is 0 Å². The zero-order valence-corrected chi connectivity index (χ0v) is 21.1. The Kier molecular flexibility index (Phi) is 7.28. The molecule has 0 unspecified atom stereocenters. The molecule has 3 aromatic carbocycles. The van der Waals surface area contributed by atoms with E-state index >= 15 is 0 Å². The van der Waals surface area contributed by atoms with Crippen LogP contribution in [-0.2, 0) is 0 Å². The molecule has 2 saturated heterocycles. The molecule has 39 heavy (non-hydrogen) atoms. The molecule has 2 aliphatic rings. The van der Waals surface area contributed by atoms with Gasteiger partial charge in [0.15, 0.2) is 17.4 Å². The molecule has 202 valence electrons. The number of hydrogen-bond acceptors (Lipinski definition) is 4. The van der Waals surface area contributed by atoms with Crippen LogP contribution < -0.4 is 10.1 Å². The molecule has 1 N–H and O–H groups in total. The molecule has 5 rings (SSSR count). The number of ether oxygens (including phenoxy) is 1. The van der Waals surface area contributed by atoms with Crippen LogP contribution in [-0.4, -0.2) is 59.8 Å². The molecule has 2 heterocycles. The molecule has 0 saturated carbocycles. The monoisotopic (exact) mass is 537 g/mol. The summed E-state index contributed by atoms with van der Waals surface area (Å²) in [5.74, 6) is -6.31. The van der Waals surface area contributed by atoms with Gasteiger partial charge >= 0.3 is 0 Å². The van der Waals surface area contributed by atoms with Crippen molar-refractivity contribution in [2.24, 2.45) is 5.92 Å². The van der Waals surface area contributed by atoms with Gasteiger partial charge < -0.3 is 19.9 Å². The van der Waals surface area contributed by atoms with Crippen LogP contribution in [0.2, 0.25) is 0 Å². The van der Waals surface area contributed by atoms with Gasteiger partial charge in [0.05, 0.1) is 18.2 Å². The summed E-state index contributed by atoms with van der Waals surface area (Å²) in [6.07, 6.45) is 0.592. The zero-order valence-electron chi connectivity index (χ0n) is 21.1. The Hall–Kier alpha value is -4.34. The highest BCUT2D eigenvalue weighted by atomic mass is 19.2. The average Bonchev–Trinajstić information content (AvgIpc) is 3.54. The maximum Gasteiger partial charge on any atom is 0.257 e. The summed E-state index contributed by atoms with van der Waals surface area (Å²) in [4.78, 5) is 41.8.